The van der Waals surface area contributed by atoms with Gasteiger partial charge in [0.2, 0.25) is 10.0 Å². The van der Waals surface area contributed by atoms with Crippen LogP contribution in [0.25, 0.3) is 0 Å². The highest BCUT2D eigenvalue weighted by Crippen LogP contribution is 2.16. The zero-order valence-corrected chi connectivity index (χ0v) is 11.9. The molecule has 0 aromatic heterocycles. The van der Waals surface area contributed by atoms with E-state index in [0.29, 0.717) is 24.8 Å². The first-order chi connectivity index (χ1) is 8.60. The molecular formula is C12H18ClNO3S. The van der Waals surface area contributed by atoms with Gasteiger partial charge in [0.15, 0.2) is 0 Å². The maximum Gasteiger partial charge on any atom is 0.240 e. The summed E-state index contributed by atoms with van der Waals surface area (Å²) in [5, 5.41) is 0. The largest absolute Gasteiger partial charge is 0.494 e. The van der Waals surface area contributed by atoms with Gasteiger partial charge in [-0.15, -0.1) is 11.6 Å². The van der Waals surface area contributed by atoms with Crippen molar-refractivity contribution in [3.8, 4) is 5.75 Å². The predicted molar refractivity (Wildman–Crippen MR) is 72.8 cm³/mol. The minimum Gasteiger partial charge on any atom is -0.494 e. The number of ether oxygens (including phenoxy) is 1. The molecule has 0 spiro atoms. The van der Waals surface area contributed by atoms with Gasteiger partial charge >= 0.3 is 0 Å². The Balaban J connectivity index is 2.64. The zero-order chi connectivity index (χ0) is 13.4. The summed E-state index contributed by atoms with van der Waals surface area (Å²) < 4.78 is 31.5. The fraction of sp³-hybridized carbons (Fsp3) is 0.500. The smallest absolute Gasteiger partial charge is 0.240 e. The third kappa shape index (κ3) is 4.84. The highest BCUT2D eigenvalue weighted by atomic mass is 35.5. The lowest BCUT2D eigenvalue weighted by molar-refractivity contribution is 0.318. The molecule has 0 aliphatic carbocycles. The number of hydrogen-bond acceptors (Lipinski definition) is 3. The highest BCUT2D eigenvalue weighted by Gasteiger charge is 2.12. The van der Waals surface area contributed by atoms with Gasteiger partial charge in [-0.3, -0.25) is 0 Å². The maximum absolute atomic E-state index is 11.8. The van der Waals surface area contributed by atoms with E-state index in [-0.39, 0.29) is 4.90 Å². The van der Waals surface area contributed by atoms with E-state index >= 15 is 0 Å². The van der Waals surface area contributed by atoms with Crippen LogP contribution >= 0.6 is 11.6 Å². The Morgan fingerprint density at radius 2 is 1.94 bits per heavy atom. The zero-order valence-electron chi connectivity index (χ0n) is 10.4. The van der Waals surface area contributed by atoms with Crippen LogP contribution in [-0.4, -0.2) is 27.4 Å². The van der Waals surface area contributed by atoms with Crippen molar-refractivity contribution in [2.75, 3.05) is 19.0 Å². The average Bonchev–Trinajstić information content (AvgIpc) is 2.37. The van der Waals surface area contributed by atoms with Crippen molar-refractivity contribution in [2.24, 2.45) is 0 Å². The van der Waals surface area contributed by atoms with Gasteiger partial charge in [-0.05, 0) is 37.1 Å². The molecule has 0 aliphatic heterocycles. The van der Waals surface area contributed by atoms with Gasteiger partial charge in [0.05, 0.1) is 11.5 Å². The standard InChI is InChI=1S/C12H18ClNO3S/c1-2-9-14-18(15,16)12-6-4-11(5-7-12)17-10-3-8-13/h4-7,14H,2-3,8-10H2,1H3. The first-order valence-corrected chi connectivity index (χ1v) is 7.90. The van der Waals surface area contributed by atoms with Gasteiger partial charge in [-0.25, -0.2) is 13.1 Å². The molecule has 0 heterocycles. The van der Waals surface area contributed by atoms with Crippen molar-refractivity contribution in [1.29, 1.82) is 0 Å². The molecule has 1 aromatic carbocycles. The van der Waals surface area contributed by atoms with Crippen molar-refractivity contribution in [3.05, 3.63) is 24.3 Å². The Bertz CT molecular complexity index is 445. The van der Waals surface area contributed by atoms with E-state index in [1.807, 2.05) is 6.92 Å². The van der Waals surface area contributed by atoms with Crippen LogP contribution in [0.4, 0.5) is 0 Å². The SMILES string of the molecule is CCCNS(=O)(=O)c1ccc(OCCCCl)cc1. The summed E-state index contributed by atoms with van der Waals surface area (Å²) in [4.78, 5) is 0.251. The van der Waals surface area contributed by atoms with E-state index in [9.17, 15) is 8.42 Å². The molecular weight excluding hydrogens is 274 g/mol. The first-order valence-electron chi connectivity index (χ1n) is 5.88. The summed E-state index contributed by atoms with van der Waals surface area (Å²) in [5.74, 6) is 1.20. The van der Waals surface area contributed by atoms with E-state index < -0.39 is 10.0 Å². The Kier molecular flexibility index (Phi) is 6.46. The third-order valence-corrected chi connectivity index (χ3v) is 3.97. The van der Waals surface area contributed by atoms with Crippen LogP contribution < -0.4 is 9.46 Å². The molecule has 102 valence electrons. The molecule has 0 amide bonds. The molecule has 0 saturated carbocycles. The molecule has 1 rings (SSSR count). The molecule has 1 N–H and O–H groups in total. The average molecular weight is 292 g/mol. The van der Waals surface area contributed by atoms with Crippen molar-refractivity contribution < 1.29 is 13.2 Å². The number of benzene rings is 1. The van der Waals surface area contributed by atoms with E-state index in [2.05, 4.69) is 4.72 Å². The summed E-state index contributed by atoms with van der Waals surface area (Å²) in [6, 6.07) is 6.37. The van der Waals surface area contributed by atoms with Crippen LogP contribution in [0.1, 0.15) is 19.8 Å². The molecule has 0 unspecified atom stereocenters. The lowest BCUT2D eigenvalue weighted by atomic mass is 10.3. The second-order valence-corrected chi connectivity index (χ2v) is 5.91. The molecule has 4 nitrogen and oxygen atoms in total. The van der Waals surface area contributed by atoms with Gasteiger partial charge in [-0.2, -0.15) is 0 Å². The van der Waals surface area contributed by atoms with Crippen molar-refractivity contribution in [1.82, 2.24) is 4.72 Å². The summed E-state index contributed by atoms with van der Waals surface area (Å²) in [5.41, 5.74) is 0. The van der Waals surface area contributed by atoms with Gasteiger partial charge in [0.25, 0.3) is 0 Å². The number of alkyl halides is 1. The van der Waals surface area contributed by atoms with E-state index in [1.54, 1.807) is 12.1 Å². The summed E-state index contributed by atoms with van der Waals surface area (Å²) in [6.45, 7) is 2.89. The molecule has 0 bridgehead atoms. The van der Waals surface area contributed by atoms with Crippen LogP contribution in [-0.2, 0) is 10.0 Å². The van der Waals surface area contributed by atoms with Gasteiger partial charge < -0.3 is 4.74 Å². The lowest BCUT2D eigenvalue weighted by Gasteiger charge is -2.07. The molecule has 0 saturated heterocycles. The normalized spacial score (nSPS) is 11.4. The van der Waals surface area contributed by atoms with E-state index in [0.717, 1.165) is 12.8 Å². The van der Waals surface area contributed by atoms with Crippen molar-refractivity contribution in [2.45, 2.75) is 24.7 Å². The first kappa shape index (κ1) is 15.3. The number of rotatable bonds is 8. The second-order valence-electron chi connectivity index (χ2n) is 3.76. The molecule has 18 heavy (non-hydrogen) atoms. The summed E-state index contributed by atoms with van der Waals surface area (Å²) in [6.07, 6.45) is 1.53. The fourth-order valence-corrected chi connectivity index (χ4v) is 2.52. The minimum atomic E-state index is -3.39. The van der Waals surface area contributed by atoms with Crippen molar-refractivity contribution >= 4 is 21.6 Å². The lowest BCUT2D eigenvalue weighted by Crippen LogP contribution is -2.24. The van der Waals surface area contributed by atoms with Crippen LogP contribution in [0.2, 0.25) is 0 Å². The summed E-state index contributed by atoms with van der Waals surface area (Å²) >= 11 is 5.53. The second kappa shape index (κ2) is 7.61. The Hall–Kier alpha value is -0.780. The monoisotopic (exact) mass is 291 g/mol. The van der Waals surface area contributed by atoms with Crippen LogP contribution in [0, 0.1) is 0 Å². The van der Waals surface area contributed by atoms with E-state index in [4.69, 9.17) is 16.3 Å². The van der Waals surface area contributed by atoms with Gasteiger partial charge in [0.1, 0.15) is 5.75 Å². The van der Waals surface area contributed by atoms with Crippen LogP contribution in [0.3, 0.4) is 0 Å². The maximum atomic E-state index is 11.8. The Morgan fingerprint density at radius 1 is 1.28 bits per heavy atom. The quantitative estimate of drug-likeness (QED) is 0.591. The van der Waals surface area contributed by atoms with E-state index in [1.165, 1.54) is 12.1 Å². The van der Waals surface area contributed by atoms with Gasteiger partial charge in [-0.1, -0.05) is 6.92 Å². The fourth-order valence-electron chi connectivity index (χ4n) is 1.28. The van der Waals surface area contributed by atoms with Crippen LogP contribution in [0.5, 0.6) is 5.75 Å². The molecule has 1 aromatic rings. The molecule has 0 atom stereocenters. The number of sulfonamides is 1. The van der Waals surface area contributed by atoms with Crippen molar-refractivity contribution in [3.63, 3.8) is 0 Å². The van der Waals surface area contributed by atoms with Crippen LogP contribution in [0.15, 0.2) is 29.2 Å². The minimum absolute atomic E-state index is 0.251. The third-order valence-electron chi connectivity index (χ3n) is 2.22. The predicted octanol–water partition coefficient (Wildman–Crippen LogP) is 2.38. The Morgan fingerprint density at radius 3 is 2.50 bits per heavy atom. The number of hydrogen-bond donors (Lipinski definition) is 1. The summed E-state index contributed by atoms with van der Waals surface area (Å²) in [7, 11) is -3.39. The molecule has 0 fully saturated rings. The molecule has 6 heteroatoms. The number of nitrogens with one attached hydrogen (secondary N) is 1. The number of halogens is 1. The topological polar surface area (TPSA) is 55.4 Å². The highest BCUT2D eigenvalue weighted by molar-refractivity contribution is 7.89. The van der Waals surface area contributed by atoms with Gasteiger partial charge in [0, 0.05) is 12.4 Å². The molecule has 0 radical (unpaired) electrons. The molecule has 0 aliphatic rings. The Labute approximate surface area is 113 Å².